The highest BCUT2D eigenvalue weighted by Crippen LogP contribution is 2.39. The number of fused-ring (bicyclic) bond motifs is 1. The van der Waals surface area contributed by atoms with E-state index < -0.39 is 22.8 Å². The van der Waals surface area contributed by atoms with Gasteiger partial charge in [-0.2, -0.15) is 15.2 Å². The molecule has 5 rings (SSSR count). The summed E-state index contributed by atoms with van der Waals surface area (Å²) in [7, 11) is 0. The third-order valence-electron chi connectivity index (χ3n) is 5.75. The normalized spacial score (nSPS) is 10.7. The molecule has 0 atom stereocenters. The smallest absolute Gasteiger partial charge is 0.349 e. The van der Waals surface area contributed by atoms with Crippen molar-refractivity contribution in [2.24, 2.45) is 0 Å². The van der Waals surface area contributed by atoms with Crippen molar-refractivity contribution in [3.05, 3.63) is 108 Å². The molecule has 12 heteroatoms. The molecule has 0 aliphatic heterocycles. The van der Waals surface area contributed by atoms with Crippen molar-refractivity contribution in [3.8, 4) is 40.6 Å². The minimum atomic E-state index is -0.909. The number of aryl methyl sites for hydroxylation is 1. The number of nitrogens with one attached hydrogen (secondary N) is 1. The highest BCUT2D eigenvalue weighted by molar-refractivity contribution is 6.37. The molecule has 5 aromatic rings. The molecule has 1 N–H and O–H groups in total. The predicted molar refractivity (Wildman–Crippen MR) is 142 cm³/mol. The van der Waals surface area contributed by atoms with Crippen LogP contribution in [0.25, 0.3) is 27.8 Å². The van der Waals surface area contributed by atoms with E-state index in [1.807, 2.05) is 11.9 Å². The number of aromatic amines is 1. The van der Waals surface area contributed by atoms with Crippen LogP contribution in [-0.2, 0) is 0 Å². The molecule has 0 spiro atoms. The van der Waals surface area contributed by atoms with Gasteiger partial charge in [0.15, 0.2) is 5.75 Å². The molecule has 2 heterocycles. The Morgan fingerprint density at radius 2 is 1.74 bits per heavy atom. The van der Waals surface area contributed by atoms with Gasteiger partial charge >= 0.3 is 5.69 Å². The lowest BCUT2D eigenvalue weighted by Gasteiger charge is -2.13. The molecule has 190 valence electrons. The molecule has 3 aromatic carbocycles. The monoisotopic (exact) mass is 558 g/mol. The van der Waals surface area contributed by atoms with Crippen LogP contribution in [0, 0.1) is 35.4 Å². The molecule has 0 aliphatic rings. The summed E-state index contributed by atoms with van der Waals surface area (Å²) in [5, 5.41) is 22.6. The predicted octanol–water partition coefficient (Wildman–Crippen LogP) is 5.43. The number of hydrogen-bond acceptors (Lipinski definition) is 7. The first-order valence-electron chi connectivity index (χ1n) is 11.1. The third kappa shape index (κ3) is 4.82. The van der Waals surface area contributed by atoms with E-state index in [0.717, 1.165) is 15.6 Å². The molecular formula is C27H13Cl2FN6O3. The number of nitriles is 2. The largest absolute Gasteiger partial charge is 0.454 e. The van der Waals surface area contributed by atoms with E-state index in [9.17, 15) is 14.0 Å². The Morgan fingerprint density at radius 3 is 2.41 bits per heavy atom. The molecule has 0 saturated heterocycles. The van der Waals surface area contributed by atoms with Gasteiger partial charge in [-0.1, -0.05) is 29.3 Å². The maximum atomic E-state index is 14.1. The zero-order valence-electron chi connectivity index (χ0n) is 19.8. The number of ether oxygens (including phenoxy) is 1. The maximum absolute atomic E-state index is 14.1. The second-order valence-corrected chi connectivity index (χ2v) is 9.10. The highest BCUT2D eigenvalue weighted by atomic mass is 35.5. The Labute approximate surface area is 228 Å². The average molecular weight is 559 g/mol. The van der Waals surface area contributed by atoms with Gasteiger partial charge in [-0.15, -0.1) is 5.10 Å². The quantitative estimate of drug-likeness (QED) is 0.310. The molecule has 9 nitrogen and oxygen atoms in total. The Hall–Kier alpha value is -5.03. The third-order valence-corrected chi connectivity index (χ3v) is 6.32. The van der Waals surface area contributed by atoms with Crippen LogP contribution in [0.2, 0.25) is 10.0 Å². The molecule has 0 unspecified atom stereocenters. The standard InChI is InChI=1S/C27H13Cl2FN6O3/c1-13-6-23(14-2-3-15(11-31)21(30)7-14)33-22-5-4-17(10-18(13)22)39-25-19(28)8-16(9-20(25)29)36-27(38)34-26(37)24(12-32)35-36/h2-10H,1H3,(H,34,37,38). The summed E-state index contributed by atoms with van der Waals surface area (Å²) in [6.45, 7) is 1.87. The maximum Gasteiger partial charge on any atom is 0.349 e. The first-order valence-corrected chi connectivity index (χ1v) is 11.9. The Balaban J connectivity index is 1.49. The lowest BCUT2D eigenvalue weighted by atomic mass is 10.0. The van der Waals surface area contributed by atoms with E-state index in [1.165, 1.54) is 24.3 Å². The molecule has 0 amide bonds. The van der Waals surface area contributed by atoms with Gasteiger partial charge in [-0.3, -0.25) is 9.78 Å². The fraction of sp³-hybridized carbons (Fsp3) is 0.0370. The molecule has 0 radical (unpaired) electrons. The molecule has 0 fully saturated rings. The van der Waals surface area contributed by atoms with E-state index in [0.29, 0.717) is 22.5 Å². The molecule has 0 bridgehead atoms. The molecule has 0 saturated carbocycles. The average Bonchev–Trinajstić information content (AvgIpc) is 2.91. The summed E-state index contributed by atoms with van der Waals surface area (Å²) in [6.07, 6.45) is 0. The second-order valence-electron chi connectivity index (χ2n) is 8.28. The number of benzene rings is 3. The van der Waals surface area contributed by atoms with Gasteiger partial charge in [-0.25, -0.2) is 14.2 Å². The number of nitrogens with zero attached hydrogens (tertiary/aromatic N) is 5. The number of aromatic nitrogens is 4. The number of hydrogen-bond donors (Lipinski definition) is 1. The zero-order chi connectivity index (χ0) is 27.8. The Kier molecular flexibility index (Phi) is 6.59. The van der Waals surface area contributed by atoms with Crippen LogP contribution in [0.5, 0.6) is 11.5 Å². The van der Waals surface area contributed by atoms with Gasteiger partial charge in [0.05, 0.1) is 32.5 Å². The summed E-state index contributed by atoms with van der Waals surface area (Å²) in [6, 6.07) is 17.4. The van der Waals surface area contributed by atoms with Crippen LogP contribution in [0.15, 0.2) is 64.2 Å². The molecule has 39 heavy (non-hydrogen) atoms. The van der Waals surface area contributed by atoms with E-state index in [1.54, 1.807) is 42.5 Å². The first kappa shape index (κ1) is 25.6. The summed E-state index contributed by atoms with van der Waals surface area (Å²) < 4.78 is 20.9. The van der Waals surface area contributed by atoms with Crippen LogP contribution in [0.4, 0.5) is 4.39 Å². The topological polar surface area (TPSA) is 137 Å². The minimum absolute atomic E-state index is 0.0441. The van der Waals surface area contributed by atoms with Crippen molar-refractivity contribution in [2.45, 2.75) is 6.92 Å². The van der Waals surface area contributed by atoms with Crippen molar-refractivity contribution < 1.29 is 9.13 Å². The van der Waals surface area contributed by atoms with E-state index in [-0.39, 0.29) is 27.0 Å². The van der Waals surface area contributed by atoms with Gasteiger partial charge in [0.1, 0.15) is 23.7 Å². The zero-order valence-corrected chi connectivity index (χ0v) is 21.3. The lowest BCUT2D eigenvalue weighted by molar-refractivity contribution is 0.483. The molecular weight excluding hydrogens is 546 g/mol. The van der Waals surface area contributed by atoms with Crippen LogP contribution in [0.1, 0.15) is 16.8 Å². The number of pyridine rings is 1. The number of rotatable bonds is 4. The van der Waals surface area contributed by atoms with Gasteiger partial charge in [0, 0.05) is 10.9 Å². The summed E-state index contributed by atoms with van der Waals surface area (Å²) in [5.74, 6) is -0.119. The van der Waals surface area contributed by atoms with Crippen LogP contribution in [0.3, 0.4) is 0 Å². The van der Waals surface area contributed by atoms with Gasteiger partial charge < -0.3 is 4.74 Å². The van der Waals surface area contributed by atoms with Crippen LogP contribution >= 0.6 is 23.2 Å². The van der Waals surface area contributed by atoms with Crippen molar-refractivity contribution in [2.75, 3.05) is 0 Å². The molecule has 0 aliphatic carbocycles. The van der Waals surface area contributed by atoms with Crippen LogP contribution in [-0.4, -0.2) is 19.7 Å². The van der Waals surface area contributed by atoms with Crippen molar-refractivity contribution in [3.63, 3.8) is 0 Å². The summed E-state index contributed by atoms with van der Waals surface area (Å²) in [5.41, 5.74) is 0.333. The van der Waals surface area contributed by atoms with E-state index >= 15 is 0 Å². The van der Waals surface area contributed by atoms with E-state index in [2.05, 4.69) is 10.1 Å². The summed E-state index contributed by atoms with van der Waals surface area (Å²) >= 11 is 12.8. The first-order chi connectivity index (χ1) is 18.7. The SMILES string of the molecule is Cc1cc(-c2ccc(C#N)c(F)c2)nc2ccc(Oc3c(Cl)cc(-n4nc(C#N)c(=O)[nH]c4=O)cc3Cl)cc12. The van der Waals surface area contributed by atoms with Gasteiger partial charge in [0.25, 0.3) is 5.56 Å². The Morgan fingerprint density at radius 1 is 1.00 bits per heavy atom. The van der Waals surface area contributed by atoms with Crippen molar-refractivity contribution >= 4 is 34.1 Å². The van der Waals surface area contributed by atoms with Crippen LogP contribution < -0.4 is 16.0 Å². The fourth-order valence-electron chi connectivity index (χ4n) is 3.88. The van der Waals surface area contributed by atoms with Crippen molar-refractivity contribution in [1.82, 2.24) is 19.7 Å². The van der Waals surface area contributed by atoms with Gasteiger partial charge in [0.2, 0.25) is 5.69 Å². The number of halogens is 3. The Bertz CT molecular complexity index is 2000. The van der Waals surface area contributed by atoms with E-state index in [4.69, 9.17) is 38.5 Å². The lowest BCUT2D eigenvalue weighted by Crippen LogP contribution is -2.33. The summed E-state index contributed by atoms with van der Waals surface area (Å²) in [4.78, 5) is 30.5. The minimum Gasteiger partial charge on any atom is -0.454 e. The second kappa shape index (κ2) is 10.0. The highest BCUT2D eigenvalue weighted by Gasteiger charge is 2.16. The number of H-pyrrole nitrogens is 1. The van der Waals surface area contributed by atoms with Crippen molar-refractivity contribution in [1.29, 1.82) is 10.5 Å². The molecule has 2 aromatic heterocycles. The fourth-order valence-corrected chi connectivity index (χ4v) is 4.43. The van der Waals surface area contributed by atoms with Gasteiger partial charge in [-0.05, 0) is 61.0 Å².